The number of aromatic amines is 1. The van der Waals surface area contributed by atoms with Crippen LogP contribution < -0.4 is 14.2 Å². The number of rotatable bonds is 15. The van der Waals surface area contributed by atoms with Crippen LogP contribution in [0, 0.1) is 0 Å². The number of ether oxygens (including phenoxy) is 4. The predicted molar refractivity (Wildman–Crippen MR) is 162 cm³/mol. The van der Waals surface area contributed by atoms with Crippen molar-refractivity contribution >= 4 is 22.7 Å². The van der Waals surface area contributed by atoms with Gasteiger partial charge in [-0.3, -0.25) is 9.59 Å². The van der Waals surface area contributed by atoms with Crippen molar-refractivity contribution in [3.05, 3.63) is 89.6 Å². The van der Waals surface area contributed by atoms with Gasteiger partial charge in [0.05, 0.1) is 21.3 Å². The summed E-state index contributed by atoms with van der Waals surface area (Å²) in [5.41, 5.74) is 3.54. The van der Waals surface area contributed by atoms with Gasteiger partial charge in [0.25, 0.3) is 5.91 Å². The zero-order valence-corrected chi connectivity index (χ0v) is 24.7. The second-order valence-corrected chi connectivity index (χ2v) is 9.92. The van der Waals surface area contributed by atoms with Gasteiger partial charge in [-0.15, -0.1) is 0 Å². The molecule has 9 heteroatoms. The average Bonchev–Trinajstić information content (AvgIpc) is 3.45. The van der Waals surface area contributed by atoms with E-state index in [0.29, 0.717) is 61.9 Å². The maximum absolute atomic E-state index is 14.0. The molecule has 0 saturated heterocycles. The fourth-order valence-corrected chi connectivity index (χ4v) is 4.94. The van der Waals surface area contributed by atoms with Crippen LogP contribution in [0.25, 0.3) is 10.9 Å². The molecule has 222 valence electrons. The molecule has 0 bridgehead atoms. The van der Waals surface area contributed by atoms with E-state index in [9.17, 15) is 9.59 Å². The highest BCUT2D eigenvalue weighted by Gasteiger charge is 2.23. The van der Waals surface area contributed by atoms with Gasteiger partial charge in [-0.1, -0.05) is 30.3 Å². The SMILES string of the molecule is COCCCN(CC(=O)N(CCc1c[nH]c2ccccc12)Cc1ccc(OC)c(OC)c1)C(=O)c1cccc(OC)c1. The van der Waals surface area contributed by atoms with Crippen LogP contribution >= 0.6 is 0 Å². The van der Waals surface area contributed by atoms with Crippen LogP contribution in [0.5, 0.6) is 17.2 Å². The quantitative estimate of drug-likeness (QED) is 0.203. The van der Waals surface area contributed by atoms with Crippen molar-refractivity contribution in [3.63, 3.8) is 0 Å². The molecule has 0 atom stereocenters. The summed E-state index contributed by atoms with van der Waals surface area (Å²) in [4.78, 5) is 34.3. The van der Waals surface area contributed by atoms with Crippen molar-refractivity contribution < 1.29 is 28.5 Å². The molecule has 1 N–H and O–H groups in total. The molecule has 0 saturated carbocycles. The molecular weight excluding hydrogens is 534 g/mol. The largest absolute Gasteiger partial charge is 0.497 e. The van der Waals surface area contributed by atoms with Gasteiger partial charge in [0.1, 0.15) is 12.3 Å². The zero-order chi connectivity index (χ0) is 29.9. The molecule has 9 nitrogen and oxygen atoms in total. The Balaban J connectivity index is 1.59. The third-order valence-electron chi connectivity index (χ3n) is 7.21. The van der Waals surface area contributed by atoms with Gasteiger partial charge in [-0.25, -0.2) is 0 Å². The lowest BCUT2D eigenvalue weighted by atomic mass is 10.1. The highest BCUT2D eigenvalue weighted by molar-refractivity contribution is 5.97. The van der Waals surface area contributed by atoms with Crippen LogP contribution in [0.4, 0.5) is 0 Å². The second-order valence-electron chi connectivity index (χ2n) is 9.92. The van der Waals surface area contributed by atoms with Gasteiger partial charge in [-0.05, 0) is 60.4 Å². The van der Waals surface area contributed by atoms with Crippen molar-refractivity contribution in [3.8, 4) is 17.2 Å². The minimum atomic E-state index is -0.235. The van der Waals surface area contributed by atoms with Crippen molar-refractivity contribution in [2.24, 2.45) is 0 Å². The zero-order valence-electron chi connectivity index (χ0n) is 24.7. The Morgan fingerprint density at radius 3 is 2.38 bits per heavy atom. The summed E-state index contributed by atoms with van der Waals surface area (Å²) in [6, 6.07) is 20.7. The predicted octanol–water partition coefficient (Wildman–Crippen LogP) is 4.94. The number of fused-ring (bicyclic) bond motifs is 1. The monoisotopic (exact) mass is 573 g/mol. The Morgan fingerprint density at radius 1 is 0.810 bits per heavy atom. The fraction of sp³-hybridized carbons (Fsp3) is 0.333. The van der Waals surface area contributed by atoms with E-state index in [0.717, 1.165) is 22.0 Å². The van der Waals surface area contributed by atoms with Crippen LogP contribution in [0.2, 0.25) is 0 Å². The molecule has 2 amide bonds. The number of amides is 2. The van der Waals surface area contributed by atoms with Gasteiger partial charge in [0, 0.05) is 56.0 Å². The molecule has 0 aliphatic rings. The standard InChI is InChI=1S/C33H39N3O6/c1-39-18-8-16-36(33(38)25-9-7-10-27(20-25)40-2)23-32(37)35(22-24-13-14-30(41-3)31(19-24)42-4)17-15-26-21-34-29-12-6-5-11-28(26)29/h5-7,9-14,19-21,34H,8,15-18,22-23H2,1-4H3. The molecule has 4 aromatic rings. The van der Waals surface area contributed by atoms with E-state index < -0.39 is 0 Å². The average molecular weight is 574 g/mol. The summed E-state index contributed by atoms with van der Waals surface area (Å²) in [6.45, 7) is 1.60. The molecule has 0 aliphatic carbocycles. The number of hydrogen-bond donors (Lipinski definition) is 1. The lowest BCUT2D eigenvalue weighted by Crippen LogP contribution is -2.44. The molecule has 0 unspecified atom stereocenters. The minimum absolute atomic E-state index is 0.0685. The van der Waals surface area contributed by atoms with Crippen LogP contribution in [0.1, 0.15) is 27.9 Å². The lowest BCUT2D eigenvalue weighted by molar-refractivity contribution is -0.132. The molecule has 0 fully saturated rings. The van der Waals surface area contributed by atoms with Gasteiger partial charge >= 0.3 is 0 Å². The first kappa shape index (κ1) is 30.5. The number of para-hydroxylation sites is 1. The molecular formula is C33H39N3O6. The maximum Gasteiger partial charge on any atom is 0.254 e. The number of methoxy groups -OCH3 is 4. The summed E-state index contributed by atoms with van der Waals surface area (Å²) in [6.07, 6.45) is 3.24. The van der Waals surface area contributed by atoms with E-state index in [2.05, 4.69) is 11.1 Å². The van der Waals surface area contributed by atoms with Crippen LogP contribution in [-0.4, -0.2) is 81.3 Å². The lowest BCUT2D eigenvalue weighted by Gasteiger charge is -2.28. The van der Waals surface area contributed by atoms with E-state index in [4.69, 9.17) is 18.9 Å². The molecule has 4 rings (SSSR count). The number of aromatic nitrogens is 1. The summed E-state index contributed by atoms with van der Waals surface area (Å²) < 4.78 is 21.4. The number of carbonyl (C=O) groups is 2. The van der Waals surface area contributed by atoms with Gasteiger partial charge in [-0.2, -0.15) is 0 Å². The molecule has 0 radical (unpaired) electrons. The number of H-pyrrole nitrogens is 1. The van der Waals surface area contributed by atoms with Gasteiger partial charge in [0.15, 0.2) is 11.5 Å². The Bertz CT molecular complexity index is 1480. The first-order chi connectivity index (χ1) is 20.5. The Hall–Kier alpha value is -4.50. The first-order valence-corrected chi connectivity index (χ1v) is 13.9. The molecule has 1 heterocycles. The van der Waals surface area contributed by atoms with Gasteiger partial charge < -0.3 is 33.7 Å². The van der Waals surface area contributed by atoms with Gasteiger partial charge in [0.2, 0.25) is 5.91 Å². The Morgan fingerprint density at radius 2 is 1.62 bits per heavy atom. The number of nitrogens with zero attached hydrogens (tertiary/aromatic N) is 2. The van der Waals surface area contributed by atoms with Crippen molar-refractivity contribution in [2.45, 2.75) is 19.4 Å². The third kappa shape index (κ3) is 7.61. The number of nitrogens with one attached hydrogen (secondary N) is 1. The number of hydrogen-bond acceptors (Lipinski definition) is 6. The number of benzene rings is 3. The maximum atomic E-state index is 14.0. The van der Waals surface area contributed by atoms with E-state index in [-0.39, 0.29) is 18.4 Å². The van der Waals surface area contributed by atoms with E-state index in [1.807, 2.05) is 42.6 Å². The van der Waals surface area contributed by atoms with Crippen molar-refractivity contribution in [2.75, 3.05) is 54.7 Å². The fourth-order valence-electron chi connectivity index (χ4n) is 4.94. The summed E-state index contributed by atoms with van der Waals surface area (Å²) in [5, 5.41) is 1.13. The smallest absolute Gasteiger partial charge is 0.254 e. The summed E-state index contributed by atoms with van der Waals surface area (Å²) >= 11 is 0. The van der Waals surface area contributed by atoms with Crippen molar-refractivity contribution in [1.29, 1.82) is 0 Å². The Labute approximate surface area is 246 Å². The summed E-state index contributed by atoms with van der Waals surface area (Å²) in [5.74, 6) is 1.40. The summed E-state index contributed by atoms with van der Waals surface area (Å²) in [7, 11) is 6.36. The first-order valence-electron chi connectivity index (χ1n) is 13.9. The second kappa shape index (κ2) is 14.9. The van der Waals surface area contributed by atoms with Crippen molar-refractivity contribution in [1.82, 2.24) is 14.8 Å². The highest BCUT2D eigenvalue weighted by atomic mass is 16.5. The van der Waals surface area contributed by atoms with Crippen LogP contribution in [-0.2, 0) is 22.5 Å². The molecule has 0 spiro atoms. The van der Waals surface area contributed by atoms with E-state index in [1.165, 1.54) is 0 Å². The molecule has 3 aromatic carbocycles. The third-order valence-corrected chi connectivity index (χ3v) is 7.21. The minimum Gasteiger partial charge on any atom is -0.497 e. The Kier molecular flexibility index (Phi) is 10.8. The van der Waals surface area contributed by atoms with E-state index >= 15 is 0 Å². The molecule has 42 heavy (non-hydrogen) atoms. The molecule has 0 aliphatic heterocycles. The number of carbonyl (C=O) groups excluding carboxylic acids is 2. The van der Waals surface area contributed by atoms with Crippen LogP contribution in [0.15, 0.2) is 72.9 Å². The molecule has 1 aromatic heterocycles. The highest BCUT2D eigenvalue weighted by Crippen LogP contribution is 2.28. The normalized spacial score (nSPS) is 10.9. The van der Waals surface area contributed by atoms with E-state index in [1.54, 1.807) is 62.5 Å². The van der Waals surface area contributed by atoms with Crippen LogP contribution in [0.3, 0.4) is 0 Å². The topological polar surface area (TPSA) is 93.3 Å².